The van der Waals surface area contributed by atoms with E-state index in [0.29, 0.717) is 19.3 Å². The molecule has 0 aromatic heterocycles. The van der Waals surface area contributed by atoms with Gasteiger partial charge >= 0.3 is 5.97 Å². The van der Waals surface area contributed by atoms with Crippen molar-refractivity contribution in [1.82, 2.24) is 5.32 Å². The summed E-state index contributed by atoms with van der Waals surface area (Å²) in [5.41, 5.74) is 0. The third kappa shape index (κ3) is 52.7. The van der Waals surface area contributed by atoms with Gasteiger partial charge in [-0.25, -0.2) is 0 Å². The summed E-state index contributed by atoms with van der Waals surface area (Å²) < 4.78 is 17.7. The normalized spacial score (nSPS) is 18.3. The van der Waals surface area contributed by atoms with E-state index in [1.165, 1.54) is 263 Å². The van der Waals surface area contributed by atoms with E-state index < -0.39 is 67.4 Å². The van der Waals surface area contributed by atoms with Crippen LogP contribution < -0.4 is 5.32 Å². The molecule has 0 aliphatic carbocycles. The Labute approximate surface area is 548 Å². The summed E-state index contributed by atoms with van der Waals surface area (Å²) in [7, 11) is 0. The van der Waals surface area contributed by atoms with Crippen LogP contribution in [0.2, 0.25) is 0 Å². The summed E-state index contributed by atoms with van der Waals surface area (Å²) in [6.07, 6.45) is 73.1. The zero-order valence-corrected chi connectivity index (χ0v) is 58.3. The molecular weight excluding hydrogens is 1110 g/mol. The number of unbranched alkanes of at least 4 members (excludes halogenated alkanes) is 47. The number of carbonyl (C=O) groups excluding carboxylic acids is 2. The highest BCUT2D eigenvalue weighted by atomic mass is 16.7. The first-order valence-corrected chi connectivity index (χ1v) is 38.4. The van der Waals surface area contributed by atoms with Gasteiger partial charge in [0.1, 0.15) is 24.4 Å². The molecule has 0 saturated carbocycles. The fraction of sp³-hybridized carbons (Fsp3) is 0.872. The second-order valence-corrected chi connectivity index (χ2v) is 26.7. The smallest absolute Gasteiger partial charge is 0.306 e. The van der Waals surface area contributed by atoms with E-state index in [-0.39, 0.29) is 13.0 Å². The molecule has 1 amide bonds. The number of ether oxygens (including phenoxy) is 3. The van der Waals surface area contributed by atoms with Gasteiger partial charge in [0, 0.05) is 6.42 Å². The largest absolute Gasteiger partial charge is 0.454 e. The molecule has 1 aliphatic heterocycles. The average Bonchev–Trinajstić information content (AvgIpc) is 1.97. The van der Waals surface area contributed by atoms with Gasteiger partial charge < -0.3 is 45.1 Å². The van der Waals surface area contributed by atoms with E-state index in [1.54, 1.807) is 6.08 Å². The predicted molar refractivity (Wildman–Crippen MR) is 375 cm³/mol. The third-order valence-corrected chi connectivity index (χ3v) is 18.2. The molecule has 0 radical (unpaired) electrons. The highest BCUT2D eigenvalue weighted by Gasteiger charge is 2.47. The molecule has 1 aliphatic rings. The van der Waals surface area contributed by atoms with E-state index in [0.717, 1.165) is 64.2 Å². The van der Waals surface area contributed by atoms with Gasteiger partial charge in [-0.15, -0.1) is 0 Å². The Morgan fingerprint density at radius 3 is 1.18 bits per heavy atom. The predicted octanol–water partition coefficient (Wildman–Crippen LogP) is 20.3. The summed E-state index contributed by atoms with van der Waals surface area (Å²) in [5, 5.41) is 57.3. The molecular formula is C78H145NO10. The summed E-state index contributed by atoms with van der Waals surface area (Å²) >= 11 is 0. The molecule has 89 heavy (non-hydrogen) atoms. The maximum atomic E-state index is 13.5. The Morgan fingerprint density at radius 2 is 0.775 bits per heavy atom. The van der Waals surface area contributed by atoms with Crippen LogP contribution in [0.1, 0.15) is 374 Å². The van der Waals surface area contributed by atoms with E-state index in [2.05, 4.69) is 62.5 Å². The van der Waals surface area contributed by atoms with Gasteiger partial charge in [0.2, 0.25) is 5.91 Å². The fourth-order valence-electron chi connectivity index (χ4n) is 12.2. The van der Waals surface area contributed by atoms with Crippen molar-refractivity contribution in [2.45, 2.75) is 423 Å². The maximum Gasteiger partial charge on any atom is 0.306 e. The minimum Gasteiger partial charge on any atom is -0.454 e. The van der Waals surface area contributed by atoms with Gasteiger partial charge in [-0.3, -0.25) is 9.59 Å². The van der Waals surface area contributed by atoms with Gasteiger partial charge in [-0.1, -0.05) is 333 Å². The van der Waals surface area contributed by atoms with Crippen molar-refractivity contribution in [3.05, 3.63) is 48.6 Å². The topological polar surface area (TPSA) is 175 Å². The highest BCUT2D eigenvalue weighted by Crippen LogP contribution is 2.27. The lowest BCUT2D eigenvalue weighted by molar-refractivity contribution is -0.305. The number of carbonyl (C=O) groups is 2. The van der Waals surface area contributed by atoms with Gasteiger partial charge in [0.15, 0.2) is 12.4 Å². The van der Waals surface area contributed by atoms with Gasteiger partial charge in [0.05, 0.1) is 25.4 Å². The van der Waals surface area contributed by atoms with Crippen LogP contribution in [0.3, 0.4) is 0 Å². The minimum atomic E-state index is -1.61. The molecule has 0 bridgehead atoms. The van der Waals surface area contributed by atoms with Crippen molar-refractivity contribution in [2.24, 2.45) is 0 Å². The van der Waals surface area contributed by atoms with Crippen LogP contribution in [0.15, 0.2) is 48.6 Å². The Bertz CT molecular complexity index is 1640. The first-order chi connectivity index (χ1) is 43.7. The van der Waals surface area contributed by atoms with Crippen molar-refractivity contribution < 1.29 is 49.3 Å². The number of aliphatic hydroxyl groups excluding tert-OH is 5. The first-order valence-electron chi connectivity index (χ1n) is 38.4. The van der Waals surface area contributed by atoms with Crippen LogP contribution >= 0.6 is 0 Å². The third-order valence-electron chi connectivity index (χ3n) is 18.2. The molecule has 1 heterocycles. The minimum absolute atomic E-state index is 0.125. The van der Waals surface area contributed by atoms with E-state index in [1.807, 2.05) is 6.08 Å². The Morgan fingerprint density at radius 1 is 0.438 bits per heavy atom. The molecule has 8 unspecified atom stereocenters. The van der Waals surface area contributed by atoms with Crippen LogP contribution in [0.4, 0.5) is 0 Å². The SMILES string of the molecule is CCCCC/C=C\C/C=C\CCCCCCCCCCCCCCCC(=O)OC1C(OCC(NC(=O)C(O)CCCCCCCCCCCCCCCCCC/C=C/CCCCCCCC)C(O)/C=C/CCCCCCCCCCC)OC(CO)C(O)C1O. The summed E-state index contributed by atoms with van der Waals surface area (Å²) in [4.78, 5) is 26.7. The van der Waals surface area contributed by atoms with Gasteiger partial charge in [-0.05, 0) is 83.5 Å². The van der Waals surface area contributed by atoms with E-state index in [4.69, 9.17) is 14.2 Å². The molecule has 8 atom stereocenters. The zero-order valence-electron chi connectivity index (χ0n) is 58.3. The van der Waals surface area contributed by atoms with Crippen molar-refractivity contribution in [3.63, 3.8) is 0 Å². The standard InChI is InChI=1S/C78H145NO10/c1-4-7-10-13-16-19-22-24-26-28-30-32-34-35-36-38-39-41-43-45-47-50-53-56-59-62-65-71(82)77(86)79-69(70(81)64-61-58-55-52-49-21-18-15-12-9-6-3)68-87-78-76(75(85)74(84)72(67-80)88-78)89-73(83)66-63-60-57-54-51-48-46-44-42-40-37-33-31-29-27-25-23-20-17-14-11-8-5-2/h17,20,24-27,61,64,69-72,74-76,78,80-82,84-85H,4-16,18-19,21-23,28-60,62-63,65-68H2,1-3H3,(H,79,86)/b20-17-,26-24+,27-25-,64-61+. The molecule has 1 rings (SSSR count). The summed E-state index contributed by atoms with van der Waals surface area (Å²) in [6, 6.07) is -1.02. The second kappa shape index (κ2) is 65.7. The number of esters is 1. The number of allylic oxidation sites excluding steroid dienone is 7. The number of aliphatic hydroxyl groups is 5. The molecule has 0 aromatic rings. The summed E-state index contributed by atoms with van der Waals surface area (Å²) in [5.74, 6) is -1.18. The second-order valence-electron chi connectivity index (χ2n) is 26.7. The molecule has 522 valence electrons. The quantitative estimate of drug-likeness (QED) is 0.0195. The Balaban J connectivity index is 2.49. The molecule has 11 nitrogen and oxygen atoms in total. The lowest BCUT2D eigenvalue weighted by atomic mass is 9.99. The summed E-state index contributed by atoms with van der Waals surface area (Å²) in [6.45, 7) is 5.81. The highest BCUT2D eigenvalue weighted by molar-refractivity contribution is 5.80. The van der Waals surface area contributed by atoms with Crippen LogP contribution in [0.25, 0.3) is 0 Å². The molecule has 0 aromatic carbocycles. The van der Waals surface area contributed by atoms with Crippen LogP contribution in [0.5, 0.6) is 0 Å². The number of rotatable bonds is 67. The Kier molecular flexibility index (Phi) is 62.4. The zero-order chi connectivity index (χ0) is 64.6. The number of hydrogen-bond donors (Lipinski definition) is 6. The van der Waals surface area contributed by atoms with Gasteiger partial charge in [0.25, 0.3) is 0 Å². The number of nitrogens with one attached hydrogen (secondary N) is 1. The molecule has 0 spiro atoms. The van der Waals surface area contributed by atoms with Crippen LogP contribution in [0, 0.1) is 0 Å². The molecule has 6 N–H and O–H groups in total. The maximum absolute atomic E-state index is 13.5. The fourth-order valence-corrected chi connectivity index (χ4v) is 12.2. The van der Waals surface area contributed by atoms with Crippen molar-refractivity contribution in [3.8, 4) is 0 Å². The Hall–Kier alpha value is -2.38. The molecule has 1 saturated heterocycles. The van der Waals surface area contributed by atoms with Crippen LogP contribution in [-0.2, 0) is 23.8 Å². The lowest BCUT2D eigenvalue weighted by Crippen LogP contribution is -2.61. The number of hydrogen-bond acceptors (Lipinski definition) is 10. The molecule has 11 heteroatoms. The van der Waals surface area contributed by atoms with Crippen molar-refractivity contribution in [1.29, 1.82) is 0 Å². The van der Waals surface area contributed by atoms with Crippen molar-refractivity contribution >= 4 is 11.9 Å². The lowest BCUT2D eigenvalue weighted by Gasteiger charge is -2.41. The molecule has 1 fully saturated rings. The van der Waals surface area contributed by atoms with E-state index >= 15 is 0 Å². The van der Waals surface area contributed by atoms with E-state index in [9.17, 15) is 35.1 Å². The van der Waals surface area contributed by atoms with Crippen molar-refractivity contribution in [2.75, 3.05) is 13.2 Å². The number of amides is 1. The monoisotopic (exact) mass is 1260 g/mol. The van der Waals surface area contributed by atoms with Gasteiger partial charge in [-0.2, -0.15) is 0 Å². The first kappa shape index (κ1) is 84.6. The average molecular weight is 1260 g/mol. The van der Waals surface area contributed by atoms with Crippen LogP contribution in [-0.4, -0.2) is 99.6 Å².